The maximum absolute atomic E-state index is 13.5. The average molecular weight is 1820 g/mol. The fraction of sp³-hybridized carbons (Fsp3) is 0.396. The fourth-order valence-corrected chi connectivity index (χ4v) is 18.6. The summed E-state index contributed by atoms with van der Waals surface area (Å²) in [5.41, 5.74) is 20.0. The fourth-order valence-electron chi connectivity index (χ4n) is 18.6. The third-order valence-electron chi connectivity index (χ3n) is 26.5. The molecule has 0 aliphatic carbocycles. The molecule has 0 saturated carbocycles. The monoisotopic (exact) mass is 1820 g/mol. The lowest BCUT2D eigenvalue weighted by atomic mass is 10.1. The molecule has 700 valence electrons. The number of hydrogen-bond acceptors (Lipinski definition) is 20. The molecule has 0 spiro atoms. The minimum Gasteiger partial charge on any atom is -0.361 e. The van der Waals surface area contributed by atoms with Crippen LogP contribution in [-0.4, -0.2) is 263 Å². The number of H-pyrrole nitrogens is 5. The summed E-state index contributed by atoms with van der Waals surface area (Å²) >= 11 is 0. The normalized spacial score (nSPS) is 15.2. The SMILES string of the molecule is Cc1ccnc(N2CCN(CCCc3c[nH]c4ccc(F)cc34)CC2)n1.[C-]#[N+]c1ccc2[nH]cc(CCCCN3CCN(c4ncc(C)cn4)CC3)c2c1.[C-]#[N+]c1ccc2[nH]cc(CCCCN3CCN(c4nccc(C)n4)CC3)c2c1.[C-]#[N+]c1ccc2[nH]cc(CCCN3CCN(c4ncc(C)cn4)CC3)c2c1.[C-]#[N+]c1ccc2[nH]cc(CCCN3CCN(c4nccc(C)n4)CC3)c2c1. The smallest absolute Gasteiger partial charge is 0.225 e. The van der Waals surface area contributed by atoms with E-state index < -0.39 is 0 Å². The van der Waals surface area contributed by atoms with Crippen LogP contribution in [-0.2, 0) is 32.1 Å². The molecule has 0 unspecified atom stereocenters. The largest absolute Gasteiger partial charge is 0.361 e. The van der Waals surface area contributed by atoms with Crippen LogP contribution in [0.3, 0.4) is 0 Å². The Hall–Kier alpha value is -14.1. The predicted octanol–water partition coefficient (Wildman–Crippen LogP) is 18.2. The Kier molecular flexibility index (Phi) is 33.0. The van der Waals surface area contributed by atoms with E-state index in [1.54, 1.807) is 12.1 Å². The first-order chi connectivity index (χ1) is 66.6. The highest BCUT2D eigenvalue weighted by Crippen LogP contribution is 2.32. The molecule has 10 aromatic heterocycles. The summed E-state index contributed by atoms with van der Waals surface area (Å²) in [6.07, 6.45) is 36.6. The van der Waals surface area contributed by atoms with Crippen molar-refractivity contribution < 1.29 is 4.39 Å². The van der Waals surface area contributed by atoms with Crippen molar-refractivity contribution in [1.82, 2.24) is 99.3 Å². The number of anilines is 5. The Balaban J connectivity index is 0.000000123. The number of unbranched alkanes of at least 4 members (excludes halogenated alkanes) is 2. The number of piperazine rings is 5. The van der Waals surface area contributed by atoms with E-state index in [2.05, 4.69) is 168 Å². The number of nitrogens with one attached hydrogen (secondary N) is 5. The van der Waals surface area contributed by atoms with Crippen LogP contribution >= 0.6 is 0 Å². The van der Waals surface area contributed by atoms with Crippen LogP contribution in [0.15, 0.2) is 184 Å². The molecule has 0 amide bonds. The summed E-state index contributed by atoms with van der Waals surface area (Å²) < 4.78 is 13.5. The first-order valence-corrected chi connectivity index (χ1v) is 48.1. The zero-order valence-corrected chi connectivity index (χ0v) is 79.1. The van der Waals surface area contributed by atoms with E-state index in [1.165, 1.54) is 68.3 Å². The predicted molar refractivity (Wildman–Crippen MR) is 544 cm³/mol. The highest BCUT2D eigenvalue weighted by molar-refractivity contribution is 5.90. The van der Waals surface area contributed by atoms with Crippen molar-refractivity contribution in [2.75, 3.05) is 188 Å². The highest BCUT2D eigenvalue weighted by atomic mass is 19.1. The molecule has 20 rings (SSSR count). The van der Waals surface area contributed by atoms with Gasteiger partial charge in [0.05, 0.1) is 26.3 Å². The van der Waals surface area contributed by atoms with Crippen molar-refractivity contribution in [3.63, 3.8) is 0 Å². The molecule has 15 heterocycles. The van der Waals surface area contributed by atoms with Crippen LogP contribution < -0.4 is 24.5 Å². The number of aromatic nitrogens is 15. The second-order valence-corrected chi connectivity index (χ2v) is 36.1. The van der Waals surface area contributed by atoms with E-state index in [9.17, 15) is 4.39 Å². The van der Waals surface area contributed by atoms with Crippen molar-refractivity contribution in [3.05, 3.63) is 291 Å². The van der Waals surface area contributed by atoms with Gasteiger partial charge in [-0.1, -0.05) is 24.3 Å². The Morgan fingerprint density at radius 2 is 0.507 bits per heavy atom. The summed E-state index contributed by atoms with van der Waals surface area (Å²) in [5.74, 6) is 4.07. The second-order valence-electron chi connectivity index (χ2n) is 36.1. The van der Waals surface area contributed by atoms with Crippen molar-refractivity contribution >= 4 is 107 Å². The number of fused-ring (bicyclic) bond motifs is 5. The van der Waals surface area contributed by atoms with Gasteiger partial charge in [0.15, 0.2) is 22.7 Å². The summed E-state index contributed by atoms with van der Waals surface area (Å²) in [5, 5.41) is 5.77. The molecule has 136 heavy (non-hydrogen) atoms. The molecule has 30 heteroatoms. The Morgan fingerprint density at radius 1 is 0.272 bits per heavy atom. The lowest BCUT2D eigenvalue weighted by Crippen LogP contribution is -2.47. The zero-order valence-electron chi connectivity index (χ0n) is 79.1. The van der Waals surface area contributed by atoms with Gasteiger partial charge >= 0.3 is 0 Å². The minimum absolute atomic E-state index is 0.173. The van der Waals surface area contributed by atoms with Gasteiger partial charge < -0.3 is 49.4 Å². The average Bonchev–Trinajstić information content (AvgIpc) is 1.74. The van der Waals surface area contributed by atoms with Crippen LogP contribution in [0.25, 0.3) is 73.9 Å². The number of rotatable bonds is 27. The Bertz CT molecular complexity index is 6560. The van der Waals surface area contributed by atoms with Gasteiger partial charge in [-0.15, -0.1) is 0 Å². The second kappa shape index (κ2) is 47.2. The highest BCUT2D eigenvalue weighted by Gasteiger charge is 2.26. The number of aromatic amines is 5. The van der Waals surface area contributed by atoms with Gasteiger partial charge in [0.1, 0.15) is 5.82 Å². The molecule has 5 fully saturated rings. The first kappa shape index (κ1) is 95.1. The number of halogens is 1. The van der Waals surface area contributed by atoms with Gasteiger partial charge in [-0.25, -0.2) is 73.6 Å². The third kappa shape index (κ3) is 25.9. The van der Waals surface area contributed by atoms with E-state index in [1.807, 2.05) is 175 Å². The maximum Gasteiger partial charge on any atom is 0.225 e. The van der Waals surface area contributed by atoms with Crippen LogP contribution in [0.1, 0.15) is 101 Å². The van der Waals surface area contributed by atoms with E-state index in [-0.39, 0.29) is 5.82 Å². The molecule has 0 bridgehead atoms. The molecule has 5 aromatic carbocycles. The summed E-state index contributed by atoms with van der Waals surface area (Å²) in [4.78, 5) is 99.2. The van der Waals surface area contributed by atoms with Gasteiger partial charge in [0.25, 0.3) is 0 Å². The standard InChI is InChI=1S/2C22H26N6.2C21H24N6.C20H24FN5/c1-17-8-9-24-22(26-17)28-13-11-27(12-14-28)10-4-3-5-18-16-25-21-7-6-19(23-2)15-20(18)21;1-17-14-25-22(26-15-17)28-11-9-27(10-12-28)8-4-3-5-18-16-24-21-7-6-19(23-2)13-20(18)21;1-16-7-8-23-21(25-16)27-12-10-26(11-13-27)9-3-4-17-15-24-20-6-5-18(22-2)14-19(17)20;1-16-13-24-21(25-14-16)27-10-8-26(9-11-27)7-3-4-17-15-23-20-6-5-18(22-2)12-19(17)20;1-15-6-7-22-20(24-15)26-11-9-25(10-12-26)8-2-3-16-14-23-19-5-4-17(21)13-18(16)19/h6-9,15-16,25H,3-5,10-14H2,1H3;6-7,13-16,24H,3-5,8-12H2,1H3;5-8,14-15,24H,3-4,9-13H2,1H3;5-6,12-15,23H,3-4,7-11H2,1H3;4-7,13-14,23H,2-3,8-12H2,1H3. The lowest BCUT2D eigenvalue weighted by Gasteiger charge is -2.34. The minimum atomic E-state index is -0.173. The van der Waals surface area contributed by atoms with Gasteiger partial charge in [0, 0.05) is 255 Å². The molecule has 15 aromatic rings. The third-order valence-corrected chi connectivity index (χ3v) is 26.5. The molecule has 0 radical (unpaired) electrons. The van der Waals surface area contributed by atoms with E-state index in [0.29, 0.717) is 22.7 Å². The van der Waals surface area contributed by atoms with Crippen LogP contribution in [0.4, 0.5) is 56.9 Å². The van der Waals surface area contributed by atoms with Gasteiger partial charge in [-0.2, -0.15) is 0 Å². The summed E-state index contributed by atoms with van der Waals surface area (Å²) in [6, 6.07) is 34.2. The van der Waals surface area contributed by atoms with Crippen molar-refractivity contribution in [2.24, 2.45) is 0 Å². The Morgan fingerprint density at radius 3 is 0.765 bits per heavy atom. The Labute approximate surface area is 797 Å². The quantitative estimate of drug-likeness (QED) is 0.0237. The van der Waals surface area contributed by atoms with E-state index >= 15 is 0 Å². The van der Waals surface area contributed by atoms with Crippen molar-refractivity contribution in [2.45, 2.75) is 112 Å². The van der Waals surface area contributed by atoms with Crippen molar-refractivity contribution in [1.29, 1.82) is 0 Å². The zero-order chi connectivity index (χ0) is 93.9. The summed E-state index contributed by atoms with van der Waals surface area (Å²) in [7, 11) is 0. The topological polar surface area (TPSA) is 258 Å². The van der Waals surface area contributed by atoms with Crippen molar-refractivity contribution in [3.8, 4) is 0 Å². The van der Waals surface area contributed by atoms with Crippen LogP contribution in [0, 0.1) is 66.7 Å². The molecule has 5 saturated heterocycles. The molecular weight excluding hydrogens is 1700 g/mol. The molecule has 5 N–H and O–H groups in total. The summed E-state index contributed by atoms with van der Waals surface area (Å²) in [6.45, 7) is 64.7. The number of nitrogens with zero attached hydrogens (tertiary/aromatic N) is 24. The molecule has 5 aliphatic rings. The van der Waals surface area contributed by atoms with Crippen LogP contribution in [0.2, 0.25) is 0 Å². The molecule has 0 atom stereocenters. The first-order valence-electron chi connectivity index (χ1n) is 48.1. The van der Waals surface area contributed by atoms with Gasteiger partial charge in [-0.05, 0) is 290 Å². The molecule has 5 aliphatic heterocycles. The van der Waals surface area contributed by atoms with Gasteiger partial charge in [0.2, 0.25) is 29.7 Å². The number of aryl methyl sites for hydroxylation is 10. The lowest BCUT2D eigenvalue weighted by molar-refractivity contribution is 0.252. The van der Waals surface area contributed by atoms with Crippen LogP contribution in [0.5, 0.6) is 0 Å². The number of hydrogen-bond donors (Lipinski definition) is 5. The number of benzene rings is 5. The van der Waals surface area contributed by atoms with E-state index in [4.69, 9.17) is 26.3 Å². The van der Waals surface area contributed by atoms with Gasteiger partial charge in [-0.3, -0.25) is 24.5 Å². The molecular formula is C106H124FN29. The molecule has 29 nitrogen and oxygen atoms in total. The van der Waals surface area contributed by atoms with E-state index in [0.717, 1.165) is 319 Å². The maximum atomic E-state index is 13.5.